The van der Waals surface area contributed by atoms with Crippen LogP contribution in [0.15, 0.2) is 0 Å². The van der Waals surface area contributed by atoms with Crippen molar-refractivity contribution in [1.82, 2.24) is 5.32 Å². The van der Waals surface area contributed by atoms with Gasteiger partial charge in [0.25, 0.3) is 0 Å². The highest BCUT2D eigenvalue weighted by Crippen LogP contribution is 1.92. The van der Waals surface area contributed by atoms with Crippen molar-refractivity contribution in [3.05, 3.63) is 0 Å². The fourth-order valence-electron chi connectivity index (χ4n) is 0.975. The summed E-state index contributed by atoms with van der Waals surface area (Å²) < 4.78 is 0. The normalized spacial score (nSPS) is 9.71. The number of carbonyl (C=O) groups is 4. The van der Waals surface area contributed by atoms with Crippen LogP contribution in [0.5, 0.6) is 0 Å². The molecule has 0 fully saturated rings. The van der Waals surface area contributed by atoms with Crippen molar-refractivity contribution in [2.24, 2.45) is 5.73 Å². The number of ketones is 2. The lowest BCUT2D eigenvalue weighted by molar-refractivity contribution is -0.138. The van der Waals surface area contributed by atoms with Crippen LogP contribution in [0.25, 0.3) is 0 Å². The van der Waals surface area contributed by atoms with Gasteiger partial charge in [0.15, 0.2) is 5.78 Å². The van der Waals surface area contributed by atoms with Crippen LogP contribution in [0, 0.1) is 0 Å². The Morgan fingerprint density at radius 3 is 2.06 bits per heavy atom. The zero-order valence-corrected chi connectivity index (χ0v) is 9.40. The quantitative estimate of drug-likeness (QED) is 0.469. The van der Waals surface area contributed by atoms with Crippen LogP contribution in [0.4, 0.5) is 0 Å². The maximum atomic E-state index is 11.1. The van der Waals surface area contributed by atoms with Gasteiger partial charge in [-0.3, -0.25) is 19.2 Å². The molecule has 7 nitrogen and oxygen atoms in total. The molecule has 0 rings (SSSR count). The van der Waals surface area contributed by atoms with E-state index in [2.05, 4.69) is 5.32 Å². The van der Waals surface area contributed by atoms with Crippen molar-refractivity contribution in [3.63, 3.8) is 0 Å². The average molecular weight is 244 g/mol. The van der Waals surface area contributed by atoms with Crippen LogP contribution in [0.2, 0.25) is 0 Å². The Kier molecular flexibility index (Phi) is 7.53. The zero-order chi connectivity index (χ0) is 13.3. The average Bonchev–Trinajstić information content (AvgIpc) is 2.30. The number of nitrogens with one attached hydrogen (secondary N) is 1. The molecular formula is C10H16N2O5. The molecule has 1 amide bonds. The van der Waals surface area contributed by atoms with E-state index in [0.29, 0.717) is 0 Å². The molecule has 0 aromatic heterocycles. The summed E-state index contributed by atoms with van der Waals surface area (Å²) in [6.45, 7) is -0.312. The molecule has 96 valence electrons. The monoisotopic (exact) mass is 244 g/mol. The molecule has 0 aromatic carbocycles. The van der Waals surface area contributed by atoms with Gasteiger partial charge < -0.3 is 16.2 Å². The molecule has 0 aliphatic heterocycles. The van der Waals surface area contributed by atoms with Crippen LogP contribution in [0.3, 0.4) is 0 Å². The zero-order valence-electron chi connectivity index (χ0n) is 9.40. The van der Waals surface area contributed by atoms with Crippen LogP contribution in [-0.2, 0) is 19.2 Å². The van der Waals surface area contributed by atoms with Gasteiger partial charge in [-0.05, 0) is 0 Å². The number of carbonyl (C=O) groups excluding carboxylic acids is 3. The molecule has 0 saturated carbocycles. The molecule has 0 aliphatic carbocycles. The predicted molar refractivity (Wildman–Crippen MR) is 58.2 cm³/mol. The third-order valence-corrected chi connectivity index (χ3v) is 1.96. The summed E-state index contributed by atoms with van der Waals surface area (Å²) in [5.74, 6) is -2.06. The molecule has 0 heterocycles. The Labute approximate surface area is 98.4 Å². The van der Waals surface area contributed by atoms with E-state index >= 15 is 0 Å². The number of Topliss-reactive ketones (excluding diaryl/α,β-unsaturated/α-hetero) is 2. The van der Waals surface area contributed by atoms with Gasteiger partial charge in [0.2, 0.25) is 5.91 Å². The van der Waals surface area contributed by atoms with Gasteiger partial charge in [-0.15, -0.1) is 0 Å². The van der Waals surface area contributed by atoms with E-state index in [1.54, 1.807) is 0 Å². The van der Waals surface area contributed by atoms with E-state index < -0.39 is 11.9 Å². The number of carboxylic acids is 1. The molecule has 0 unspecified atom stereocenters. The summed E-state index contributed by atoms with van der Waals surface area (Å²) in [5, 5.41) is 10.6. The van der Waals surface area contributed by atoms with Crippen LogP contribution < -0.4 is 11.1 Å². The number of rotatable bonds is 9. The van der Waals surface area contributed by atoms with Crippen molar-refractivity contribution in [3.8, 4) is 0 Å². The minimum absolute atomic E-state index is 0.0117. The second-order valence-corrected chi connectivity index (χ2v) is 3.45. The highest BCUT2D eigenvalue weighted by molar-refractivity contribution is 5.89. The van der Waals surface area contributed by atoms with Crippen molar-refractivity contribution in [2.45, 2.75) is 25.7 Å². The Hall–Kier alpha value is -1.76. The molecule has 0 spiro atoms. The van der Waals surface area contributed by atoms with E-state index in [1.165, 1.54) is 0 Å². The number of nitrogens with two attached hydrogens (primary N) is 1. The molecular weight excluding hydrogens is 228 g/mol. The van der Waals surface area contributed by atoms with E-state index in [1.807, 2.05) is 0 Å². The third kappa shape index (κ3) is 9.19. The predicted octanol–water partition coefficient (Wildman–Crippen LogP) is -1.16. The van der Waals surface area contributed by atoms with E-state index in [-0.39, 0.29) is 50.3 Å². The highest BCUT2D eigenvalue weighted by Gasteiger charge is 2.09. The van der Waals surface area contributed by atoms with Gasteiger partial charge in [-0.25, -0.2) is 0 Å². The SMILES string of the molecule is NCC(=O)CCC(=O)NCC(=O)CCC(=O)O. The smallest absolute Gasteiger partial charge is 0.303 e. The van der Waals surface area contributed by atoms with Gasteiger partial charge in [0, 0.05) is 19.3 Å². The third-order valence-electron chi connectivity index (χ3n) is 1.96. The largest absolute Gasteiger partial charge is 0.481 e. The van der Waals surface area contributed by atoms with Crippen molar-refractivity contribution in [1.29, 1.82) is 0 Å². The number of carboxylic acid groups (broad SMARTS) is 1. The highest BCUT2D eigenvalue weighted by atomic mass is 16.4. The molecule has 0 bridgehead atoms. The Bertz CT molecular complexity index is 314. The topological polar surface area (TPSA) is 127 Å². The lowest BCUT2D eigenvalue weighted by Crippen LogP contribution is -2.30. The Balaban J connectivity index is 3.66. The summed E-state index contributed by atoms with van der Waals surface area (Å²) in [6, 6.07) is 0. The number of aliphatic carboxylic acids is 1. The maximum absolute atomic E-state index is 11.1. The lowest BCUT2D eigenvalue weighted by atomic mass is 10.2. The first-order valence-corrected chi connectivity index (χ1v) is 5.17. The molecule has 0 aromatic rings. The summed E-state index contributed by atoms with van der Waals surface area (Å²) in [6.07, 6.45) is -0.328. The Morgan fingerprint density at radius 2 is 1.53 bits per heavy atom. The fraction of sp³-hybridized carbons (Fsp3) is 0.600. The van der Waals surface area contributed by atoms with Gasteiger partial charge in [0.05, 0.1) is 19.5 Å². The van der Waals surface area contributed by atoms with Crippen LogP contribution >= 0.6 is 0 Å². The van der Waals surface area contributed by atoms with Gasteiger partial charge in [-0.1, -0.05) is 0 Å². The van der Waals surface area contributed by atoms with Gasteiger partial charge >= 0.3 is 5.97 Å². The van der Waals surface area contributed by atoms with Gasteiger partial charge in [0.1, 0.15) is 5.78 Å². The first-order chi connectivity index (χ1) is 7.95. The van der Waals surface area contributed by atoms with Crippen LogP contribution in [0.1, 0.15) is 25.7 Å². The van der Waals surface area contributed by atoms with E-state index in [4.69, 9.17) is 10.8 Å². The molecule has 0 saturated heterocycles. The second-order valence-electron chi connectivity index (χ2n) is 3.45. The molecule has 17 heavy (non-hydrogen) atoms. The van der Waals surface area contributed by atoms with E-state index in [9.17, 15) is 19.2 Å². The second kappa shape index (κ2) is 8.40. The minimum atomic E-state index is -1.06. The first-order valence-electron chi connectivity index (χ1n) is 5.17. The van der Waals surface area contributed by atoms with Crippen molar-refractivity contribution in [2.75, 3.05) is 13.1 Å². The standard InChI is InChI=1S/C10H16N2O5/c11-5-7(13)1-3-9(15)12-6-8(14)2-4-10(16)17/h1-6,11H2,(H,12,15)(H,16,17). The number of amides is 1. The van der Waals surface area contributed by atoms with Crippen molar-refractivity contribution >= 4 is 23.4 Å². The molecule has 0 atom stereocenters. The van der Waals surface area contributed by atoms with Crippen LogP contribution in [-0.4, -0.2) is 41.6 Å². The van der Waals surface area contributed by atoms with Crippen molar-refractivity contribution < 1.29 is 24.3 Å². The number of hydrogen-bond acceptors (Lipinski definition) is 5. The summed E-state index contributed by atoms with van der Waals surface area (Å²) in [5.41, 5.74) is 5.06. The van der Waals surface area contributed by atoms with E-state index in [0.717, 1.165) is 0 Å². The summed E-state index contributed by atoms with van der Waals surface area (Å²) in [4.78, 5) is 43.2. The minimum Gasteiger partial charge on any atom is -0.481 e. The molecule has 7 heteroatoms. The summed E-state index contributed by atoms with van der Waals surface area (Å²) >= 11 is 0. The lowest BCUT2D eigenvalue weighted by Gasteiger charge is -2.03. The number of hydrogen-bond donors (Lipinski definition) is 3. The molecule has 4 N–H and O–H groups in total. The summed E-state index contributed by atoms with van der Waals surface area (Å²) in [7, 11) is 0. The molecule has 0 radical (unpaired) electrons. The van der Waals surface area contributed by atoms with Gasteiger partial charge in [-0.2, -0.15) is 0 Å². The fourth-order valence-corrected chi connectivity index (χ4v) is 0.975. The molecule has 0 aliphatic rings. The Morgan fingerprint density at radius 1 is 0.941 bits per heavy atom. The maximum Gasteiger partial charge on any atom is 0.303 e. The first kappa shape index (κ1) is 15.2.